The minimum Gasteiger partial charge on any atom is -0.355 e. The van der Waals surface area contributed by atoms with Crippen LogP contribution in [-0.4, -0.2) is 58.2 Å². The lowest BCUT2D eigenvalue weighted by Gasteiger charge is -2.30. The van der Waals surface area contributed by atoms with Crippen molar-refractivity contribution in [2.45, 2.75) is 43.9 Å². The van der Waals surface area contributed by atoms with Crippen LogP contribution in [-0.2, 0) is 37.5 Å². The normalized spacial score (nSPS) is 18.8. The third-order valence-electron chi connectivity index (χ3n) is 5.68. The molecule has 3 rings (SSSR count). The standard InChI is InChI=1S/C19H28N2O5S2/c1-2-27(23,24)13-10-20-19(22)16-8-11-21(12-9-16)28(25,26)18-7-6-15-4-3-5-17(15)14-18/h6-7,14,16H,2-5,8-13H2,1H3,(H,20,22). The van der Waals surface area contributed by atoms with E-state index in [-0.39, 0.29) is 29.9 Å². The summed E-state index contributed by atoms with van der Waals surface area (Å²) < 4.78 is 50.3. The van der Waals surface area contributed by atoms with Crippen LogP contribution < -0.4 is 5.32 Å². The summed E-state index contributed by atoms with van der Waals surface area (Å²) in [5.41, 5.74) is 2.36. The van der Waals surface area contributed by atoms with E-state index in [2.05, 4.69) is 5.32 Å². The summed E-state index contributed by atoms with van der Waals surface area (Å²) in [5, 5.41) is 2.67. The first-order valence-electron chi connectivity index (χ1n) is 9.83. The average Bonchev–Trinajstić information content (AvgIpc) is 3.15. The topological polar surface area (TPSA) is 101 Å². The van der Waals surface area contributed by atoms with Gasteiger partial charge in [0, 0.05) is 31.3 Å². The maximum Gasteiger partial charge on any atom is 0.243 e. The maximum absolute atomic E-state index is 12.9. The van der Waals surface area contributed by atoms with Gasteiger partial charge in [0.25, 0.3) is 0 Å². The number of sulfonamides is 1. The number of amides is 1. The minimum absolute atomic E-state index is 0.0574. The highest BCUT2D eigenvalue weighted by Gasteiger charge is 2.32. The Hall–Kier alpha value is -1.45. The van der Waals surface area contributed by atoms with Gasteiger partial charge in [-0.25, -0.2) is 16.8 Å². The molecule has 0 bridgehead atoms. The number of carbonyl (C=O) groups excluding carboxylic acids is 1. The van der Waals surface area contributed by atoms with Crippen LogP contribution in [0, 0.1) is 5.92 Å². The van der Waals surface area contributed by atoms with Gasteiger partial charge < -0.3 is 5.32 Å². The number of fused-ring (bicyclic) bond motifs is 1. The SMILES string of the molecule is CCS(=O)(=O)CCNC(=O)C1CCN(S(=O)(=O)c2ccc3c(c2)CCC3)CC1. The molecule has 0 radical (unpaired) electrons. The molecule has 1 aliphatic heterocycles. The number of aryl methyl sites for hydroxylation is 2. The van der Waals surface area contributed by atoms with Gasteiger partial charge in [0.15, 0.2) is 9.84 Å². The summed E-state index contributed by atoms with van der Waals surface area (Å²) >= 11 is 0. The third-order valence-corrected chi connectivity index (χ3v) is 9.28. The Morgan fingerprint density at radius 3 is 2.46 bits per heavy atom. The Morgan fingerprint density at radius 2 is 1.79 bits per heavy atom. The van der Waals surface area contributed by atoms with Crippen molar-refractivity contribution in [2.24, 2.45) is 5.92 Å². The van der Waals surface area contributed by atoms with Gasteiger partial charge in [-0.3, -0.25) is 4.79 Å². The first-order chi connectivity index (χ1) is 13.2. The van der Waals surface area contributed by atoms with Crippen molar-refractivity contribution in [3.05, 3.63) is 29.3 Å². The van der Waals surface area contributed by atoms with E-state index >= 15 is 0 Å². The molecule has 9 heteroatoms. The molecule has 1 heterocycles. The molecule has 28 heavy (non-hydrogen) atoms. The fourth-order valence-corrected chi connectivity index (χ4v) is 6.06. The zero-order valence-corrected chi connectivity index (χ0v) is 17.8. The van der Waals surface area contributed by atoms with Crippen LogP contribution in [0.25, 0.3) is 0 Å². The van der Waals surface area contributed by atoms with E-state index in [4.69, 9.17) is 0 Å². The number of hydrogen-bond donors (Lipinski definition) is 1. The molecule has 0 spiro atoms. The van der Waals surface area contributed by atoms with E-state index in [1.807, 2.05) is 6.07 Å². The first-order valence-corrected chi connectivity index (χ1v) is 13.1. The van der Waals surface area contributed by atoms with Crippen molar-refractivity contribution in [1.29, 1.82) is 0 Å². The van der Waals surface area contributed by atoms with Gasteiger partial charge in [-0.15, -0.1) is 0 Å². The Kier molecular flexibility index (Phi) is 6.46. The van der Waals surface area contributed by atoms with Gasteiger partial charge in [-0.05, 0) is 55.4 Å². The number of carbonyl (C=O) groups is 1. The Bertz CT molecular complexity index is 933. The Labute approximate surface area is 167 Å². The van der Waals surface area contributed by atoms with Gasteiger partial charge in [0.1, 0.15) is 0 Å². The van der Waals surface area contributed by atoms with Crippen molar-refractivity contribution >= 4 is 25.8 Å². The quantitative estimate of drug-likeness (QED) is 0.702. The van der Waals surface area contributed by atoms with Crippen molar-refractivity contribution in [1.82, 2.24) is 9.62 Å². The molecule has 2 aliphatic rings. The smallest absolute Gasteiger partial charge is 0.243 e. The lowest BCUT2D eigenvalue weighted by atomic mass is 9.97. The third kappa shape index (κ3) is 4.75. The molecule has 0 atom stereocenters. The maximum atomic E-state index is 12.9. The highest BCUT2D eigenvalue weighted by Crippen LogP contribution is 2.28. The summed E-state index contributed by atoms with van der Waals surface area (Å²) in [7, 11) is -6.66. The molecule has 1 aliphatic carbocycles. The van der Waals surface area contributed by atoms with Crippen LogP contribution in [0.15, 0.2) is 23.1 Å². The van der Waals surface area contributed by atoms with Crippen LogP contribution >= 0.6 is 0 Å². The van der Waals surface area contributed by atoms with Crippen LogP contribution in [0.4, 0.5) is 0 Å². The summed E-state index contributed by atoms with van der Waals surface area (Å²) in [5.74, 6) is -0.487. The van der Waals surface area contributed by atoms with Crippen LogP contribution in [0.1, 0.15) is 37.3 Å². The van der Waals surface area contributed by atoms with Crippen molar-refractivity contribution in [2.75, 3.05) is 31.1 Å². The molecule has 1 aromatic carbocycles. The number of hydrogen-bond acceptors (Lipinski definition) is 5. The van der Waals surface area contributed by atoms with Gasteiger partial charge >= 0.3 is 0 Å². The zero-order valence-electron chi connectivity index (χ0n) is 16.2. The van der Waals surface area contributed by atoms with Gasteiger partial charge in [0.2, 0.25) is 15.9 Å². The van der Waals surface area contributed by atoms with Gasteiger partial charge in [-0.2, -0.15) is 4.31 Å². The molecular weight excluding hydrogens is 400 g/mol. The molecule has 7 nitrogen and oxygen atoms in total. The van der Waals surface area contributed by atoms with E-state index in [0.29, 0.717) is 30.8 Å². The Morgan fingerprint density at radius 1 is 1.11 bits per heavy atom. The van der Waals surface area contributed by atoms with Crippen molar-refractivity contribution < 1.29 is 21.6 Å². The molecule has 0 unspecified atom stereocenters. The summed E-state index contributed by atoms with van der Waals surface area (Å²) in [6, 6.07) is 5.40. The highest BCUT2D eigenvalue weighted by atomic mass is 32.2. The lowest BCUT2D eigenvalue weighted by Crippen LogP contribution is -2.43. The summed E-state index contributed by atoms with van der Waals surface area (Å²) in [6.07, 6.45) is 3.89. The predicted octanol–water partition coefficient (Wildman–Crippen LogP) is 1.13. The van der Waals surface area contributed by atoms with E-state index in [1.165, 1.54) is 9.87 Å². The number of piperidine rings is 1. The molecular formula is C19H28N2O5S2. The predicted molar refractivity (Wildman–Crippen MR) is 107 cm³/mol. The average molecular weight is 429 g/mol. The second-order valence-electron chi connectivity index (χ2n) is 7.49. The second-order valence-corrected chi connectivity index (χ2v) is 11.9. The monoisotopic (exact) mass is 428 g/mol. The number of nitrogens with one attached hydrogen (secondary N) is 1. The van der Waals surface area contributed by atoms with E-state index < -0.39 is 19.9 Å². The molecule has 156 valence electrons. The Balaban J connectivity index is 1.55. The van der Waals surface area contributed by atoms with E-state index in [0.717, 1.165) is 24.8 Å². The molecule has 1 aromatic rings. The van der Waals surface area contributed by atoms with E-state index in [9.17, 15) is 21.6 Å². The van der Waals surface area contributed by atoms with Crippen LogP contribution in [0.3, 0.4) is 0 Å². The zero-order chi connectivity index (χ0) is 20.4. The summed E-state index contributed by atoms with van der Waals surface area (Å²) in [4.78, 5) is 12.6. The molecule has 0 saturated carbocycles. The molecule has 1 amide bonds. The highest BCUT2D eigenvalue weighted by molar-refractivity contribution is 7.91. The van der Waals surface area contributed by atoms with Crippen LogP contribution in [0.2, 0.25) is 0 Å². The minimum atomic E-state index is -3.55. The molecule has 1 saturated heterocycles. The molecule has 0 aromatic heterocycles. The lowest BCUT2D eigenvalue weighted by molar-refractivity contribution is -0.125. The van der Waals surface area contributed by atoms with Crippen molar-refractivity contribution in [3.8, 4) is 0 Å². The molecule has 1 N–H and O–H groups in total. The van der Waals surface area contributed by atoms with Gasteiger partial charge in [-0.1, -0.05) is 13.0 Å². The summed E-state index contributed by atoms with van der Waals surface area (Å²) in [6.45, 7) is 2.27. The fraction of sp³-hybridized carbons (Fsp3) is 0.632. The van der Waals surface area contributed by atoms with E-state index in [1.54, 1.807) is 19.1 Å². The first kappa shape index (κ1) is 21.3. The van der Waals surface area contributed by atoms with Crippen LogP contribution in [0.5, 0.6) is 0 Å². The largest absolute Gasteiger partial charge is 0.355 e. The number of nitrogens with zero attached hydrogens (tertiary/aromatic N) is 1. The van der Waals surface area contributed by atoms with Gasteiger partial charge in [0.05, 0.1) is 10.6 Å². The number of sulfone groups is 1. The number of rotatable bonds is 7. The fourth-order valence-electron chi connectivity index (χ4n) is 3.83. The number of benzene rings is 1. The second kappa shape index (κ2) is 8.51. The molecule has 1 fully saturated rings. The van der Waals surface area contributed by atoms with Crippen molar-refractivity contribution in [3.63, 3.8) is 0 Å².